The summed E-state index contributed by atoms with van der Waals surface area (Å²) in [5.74, 6) is -0.407. The molecule has 0 rings (SSSR count). The Labute approximate surface area is 319 Å². The van der Waals surface area contributed by atoms with Gasteiger partial charge >= 0.3 is 13.8 Å². The van der Waals surface area contributed by atoms with Crippen molar-refractivity contribution in [1.82, 2.24) is 0 Å². The van der Waals surface area contributed by atoms with E-state index in [0.717, 1.165) is 38.5 Å². The van der Waals surface area contributed by atoms with Gasteiger partial charge in [0, 0.05) is 13.0 Å². The summed E-state index contributed by atoms with van der Waals surface area (Å²) in [6.45, 7) is 4.14. The Morgan fingerprint density at radius 3 is 1.58 bits per heavy atom. The smallest absolute Gasteiger partial charge is 0.472 e. The van der Waals surface area contributed by atoms with Gasteiger partial charge in [-0.3, -0.25) is 13.8 Å². The average Bonchev–Trinajstić information content (AvgIpc) is 3.13. The number of allylic oxidation sites excluding steroid dienone is 9. The minimum Gasteiger partial charge on any atom is -0.498 e. The van der Waals surface area contributed by atoms with Gasteiger partial charge in [-0.1, -0.05) is 159 Å². The second-order valence-corrected chi connectivity index (χ2v) is 15.0. The molecule has 0 aromatic carbocycles. The number of phosphoric ester groups is 1. The molecule has 0 spiro atoms. The Kier molecular flexibility index (Phi) is 38.7. The molecule has 0 radical (unpaired) electrons. The van der Waals surface area contributed by atoms with Crippen molar-refractivity contribution < 1.29 is 32.8 Å². The molecule has 0 aromatic rings. The third-order valence-corrected chi connectivity index (χ3v) is 9.49. The first-order valence-electron chi connectivity index (χ1n) is 20.8. The molecule has 8 nitrogen and oxygen atoms in total. The number of hydrogen-bond donors (Lipinski definition) is 2. The van der Waals surface area contributed by atoms with E-state index in [1.54, 1.807) is 6.26 Å². The zero-order valence-electron chi connectivity index (χ0n) is 33.3. The molecular weight excluding hydrogens is 673 g/mol. The standard InChI is InChI=1S/C43H78NO7P/c1-3-5-7-9-11-13-15-17-19-21-22-24-26-28-30-32-34-36-43(45)51-42(41-50-52(46,47)49-39-37-44)40-48-38-35-33-31-29-27-25-23-20-18-16-14-12-10-8-6-4-2/h11,13,17,19,22,24,28,30,35,38,42H,3-10,12,14-16,18,20-21,23,25-27,29,31-34,36-37,39-41,44H2,1-2H3,(H,46,47)/b13-11+,19-17+,24-22+,30-28+,38-35+. The van der Waals surface area contributed by atoms with Gasteiger partial charge in [0.05, 0.1) is 19.5 Å². The lowest BCUT2D eigenvalue weighted by atomic mass is 10.0. The zero-order chi connectivity index (χ0) is 38.1. The summed E-state index contributed by atoms with van der Waals surface area (Å²) in [7, 11) is -4.31. The minimum absolute atomic E-state index is 0.00897. The second kappa shape index (κ2) is 40.2. The van der Waals surface area contributed by atoms with Crippen molar-refractivity contribution in [1.29, 1.82) is 0 Å². The van der Waals surface area contributed by atoms with E-state index in [4.69, 9.17) is 24.3 Å². The highest BCUT2D eigenvalue weighted by molar-refractivity contribution is 7.47. The zero-order valence-corrected chi connectivity index (χ0v) is 34.2. The maximum absolute atomic E-state index is 12.5. The second-order valence-electron chi connectivity index (χ2n) is 13.6. The molecule has 0 aliphatic carbocycles. The Hall–Kier alpha value is -1.96. The summed E-state index contributed by atoms with van der Waals surface area (Å²) in [6, 6.07) is 0. The van der Waals surface area contributed by atoms with Crippen molar-refractivity contribution in [3.63, 3.8) is 0 Å². The summed E-state index contributed by atoms with van der Waals surface area (Å²) < 4.78 is 33.1. The predicted octanol–water partition coefficient (Wildman–Crippen LogP) is 12.5. The highest BCUT2D eigenvalue weighted by Gasteiger charge is 2.25. The van der Waals surface area contributed by atoms with E-state index in [9.17, 15) is 14.3 Å². The number of hydrogen-bond acceptors (Lipinski definition) is 7. The molecule has 2 unspecified atom stereocenters. The molecule has 0 amide bonds. The quantitative estimate of drug-likeness (QED) is 0.0210. The average molecular weight is 752 g/mol. The van der Waals surface area contributed by atoms with Crippen molar-refractivity contribution in [2.24, 2.45) is 5.73 Å². The molecule has 0 aliphatic heterocycles. The van der Waals surface area contributed by atoms with Crippen molar-refractivity contribution in [2.45, 2.75) is 180 Å². The number of carbonyl (C=O) groups is 1. The number of esters is 1. The van der Waals surface area contributed by atoms with Crippen LogP contribution in [-0.4, -0.2) is 43.3 Å². The van der Waals surface area contributed by atoms with Crippen LogP contribution in [0.15, 0.2) is 60.9 Å². The van der Waals surface area contributed by atoms with E-state index in [-0.39, 0.29) is 32.8 Å². The van der Waals surface area contributed by atoms with Crippen LogP contribution in [0.1, 0.15) is 174 Å². The number of carbonyl (C=O) groups excluding carboxylic acids is 1. The fraction of sp³-hybridized carbons (Fsp3) is 0.744. The van der Waals surface area contributed by atoms with Crippen molar-refractivity contribution >= 4 is 13.8 Å². The van der Waals surface area contributed by atoms with Crippen LogP contribution >= 0.6 is 7.82 Å². The fourth-order valence-corrected chi connectivity index (χ4v) is 6.19. The van der Waals surface area contributed by atoms with Gasteiger partial charge in [-0.05, 0) is 63.9 Å². The van der Waals surface area contributed by atoms with E-state index in [1.165, 1.54) is 109 Å². The monoisotopic (exact) mass is 752 g/mol. The van der Waals surface area contributed by atoms with Gasteiger partial charge in [-0.25, -0.2) is 4.57 Å². The lowest BCUT2D eigenvalue weighted by Gasteiger charge is -2.19. The van der Waals surface area contributed by atoms with E-state index >= 15 is 0 Å². The molecule has 0 heterocycles. The minimum atomic E-state index is -4.31. The van der Waals surface area contributed by atoms with Crippen LogP contribution in [0, 0.1) is 0 Å². The van der Waals surface area contributed by atoms with Gasteiger partial charge in [0.25, 0.3) is 0 Å². The number of rotatable bonds is 39. The summed E-state index contributed by atoms with van der Waals surface area (Å²) in [5.41, 5.74) is 5.35. The number of unbranched alkanes of at least 4 members (excludes halogenated alkanes) is 18. The first-order chi connectivity index (χ1) is 25.4. The Balaban J connectivity index is 4.21. The molecule has 0 aromatic heterocycles. The third kappa shape index (κ3) is 39.3. The molecule has 0 bridgehead atoms. The molecular formula is C43H78NO7P. The van der Waals surface area contributed by atoms with E-state index in [1.807, 2.05) is 6.08 Å². The molecule has 2 atom stereocenters. The maximum Gasteiger partial charge on any atom is 0.472 e. The lowest BCUT2D eigenvalue weighted by Crippen LogP contribution is -2.27. The van der Waals surface area contributed by atoms with Crippen LogP contribution in [0.5, 0.6) is 0 Å². The Morgan fingerprint density at radius 1 is 0.596 bits per heavy atom. The van der Waals surface area contributed by atoms with E-state index in [0.29, 0.717) is 6.42 Å². The Morgan fingerprint density at radius 2 is 1.04 bits per heavy atom. The lowest BCUT2D eigenvalue weighted by molar-refractivity contribution is -0.153. The van der Waals surface area contributed by atoms with Gasteiger partial charge in [0.1, 0.15) is 6.61 Å². The third-order valence-electron chi connectivity index (χ3n) is 8.50. The van der Waals surface area contributed by atoms with Gasteiger partial charge in [0.15, 0.2) is 6.10 Å². The molecule has 9 heteroatoms. The van der Waals surface area contributed by atoms with Crippen LogP contribution in [0.25, 0.3) is 0 Å². The van der Waals surface area contributed by atoms with Gasteiger partial charge in [0.2, 0.25) is 0 Å². The molecule has 302 valence electrons. The molecule has 3 N–H and O–H groups in total. The topological polar surface area (TPSA) is 117 Å². The normalized spacial score (nSPS) is 14.1. The summed E-state index contributed by atoms with van der Waals surface area (Å²) >= 11 is 0. The first kappa shape index (κ1) is 50.0. The molecule has 0 fully saturated rings. The SMILES string of the molecule is CCCCC/C=C/C/C=C/C/C=C/C/C=C/CCCC(=O)OC(CO/C=C/CCCCCCCCCCCCCCCC)COP(=O)(O)OCCN. The summed E-state index contributed by atoms with van der Waals surface area (Å²) in [6.07, 6.45) is 49.1. The number of nitrogens with two attached hydrogens (primary N) is 1. The molecule has 0 saturated carbocycles. The van der Waals surface area contributed by atoms with E-state index < -0.39 is 19.9 Å². The van der Waals surface area contributed by atoms with E-state index in [2.05, 4.69) is 62.5 Å². The predicted molar refractivity (Wildman–Crippen MR) is 219 cm³/mol. The van der Waals surface area contributed by atoms with Crippen LogP contribution in [0.3, 0.4) is 0 Å². The van der Waals surface area contributed by atoms with Gasteiger partial charge < -0.3 is 20.1 Å². The highest BCUT2D eigenvalue weighted by Crippen LogP contribution is 2.43. The highest BCUT2D eigenvalue weighted by atomic mass is 31.2. The van der Waals surface area contributed by atoms with Crippen LogP contribution in [0.2, 0.25) is 0 Å². The fourth-order valence-electron chi connectivity index (χ4n) is 5.42. The molecule has 0 aliphatic rings. The largest absolute Gasteiger partial charge is 0.498 e. The maximum atomic E-state index is 12.5. The van der Waals surface area contributed by atoms with Gasteiger partial charge in [-0.2, -0.15) is 0 Å². The van der Waals surface area contributed by atoms with Crippen molar-refractivity contribution in [3.8, 4) is 0 Å². The molecule has 52 heavy (non-hydrogen) atoms. The number of ether oxygens (including phenoxy) is 2. The first-order valence-corrected chi connectivity index (χ1v) is 22.3. The molecule has 0 saturated heterocycles. The summed E-state index contributed by atoms with van der Waals surface area (Å²) in [5, 5.41) is 0. The van der Waals surface area contributed by atoms with Gasteiger partial charge in [-0.15, -0.1) is 0 Å². The Bertz CT molecular complexity index is 979. The van der Waals surface area contributed by atoms with Crippen molar-refractivity contribution in [3.05, 3.63) is 60.9 Å². The van der Waals surface area contributed by atoms with Crippen LogP contribution in [-0.2, 0) is 27.9 Å². The summed E-state index contributed by atoms with van der Waals surface area (Å²) in [4.78, 5) is 22.4. The van der Waals surface area contributed by atoms with Crippen LogP contribution in [0.4, 0.5) is 0 Å². The van der Waals surface area contributed by atoms with Crippen LogP contribution < -0.4 is 5.73 Å². The van der Waals surface area contributed by atoms with Crippen molar-refractivity contribution in [2.75, 3.05) is 26.4 Å². The number of phosphoric acid groups is 1.